The normalized spacial score (nSPS) is 10.4. The minimum Gasteiger partial charge on any atom is -0.338 e. The molecule has 0 bridgehead atoms. The van der Waals surface area contributed by atoms with Gasteiger partial charge in [0.25, 0.3) is 0 Å². The van der Waals surface area contributed by atoms with Crippen LogP contribution in [0.1, 0.15) is 31.4 Å². The maximum Gasteiger partial charge on any atom is 0.315 e. The van der Waals surface area contributed by atoms with Crippen LogP contribution < -0.4 is 10.6 Å². The molecular weight excluding hydrogens is 212 g/mol. The summed E-state index contributed by atoms with van der Waals surface area (Å²) in [7, 11) is 0. The summed E-state index contributed by atoms with van der Waals surface area (Å²) in [6.45, 7) is 7.66. The van der Waals surface area contributed by atoms with Gasteiger partial charge in [-0.05, 0) is 30.4 Å². The summed E-state index contributed by atoms with van der Waals surface area (Å²) in [6, 6.07) is 7.98. The van der Waals surface area contributed by atoms with Crippen LogP contribution in [0.2, 0.25) is 0 Å². The lowest BCUT2D eigenvalue weighted by Gasteiger charge is -2.10. The van der Waals surface area contributed by atoms with Crippen molar-refractivity contribution in [2.24, 2.45) is 5.92 Å². The molecule has 0 aliphatic heterocycles. The molecule has 1 rings (SSSR count). The van der Waals surface area contributed by atoms with Crippen LogP contribution in [-0.2, 0) is 6.54 Å². The summed E-state index contributed by atoms with van der Waals surface area (Å²) in [5.74, 6) is 0.617. The predicted molar refractivity (Wildman–Crippen MR) is 70.9 cm³/mol. The molecule has 0 radical (unpaired) electrons. The van der Waals surface area contributed by atoms with E-state index < -0.39 is 0 Å². The number of hydrogen-bond acceptors (Lipinski definition) is 1. The highest BCUT2D eigenvalue weighted by molar-refractivity contribution is 5.73. The van der Waals surface area contributed by atoms with Gasteiger partial charge in [0.15, 0.2) is 0 Å². The molecule has 17 heavy (non-hydrogen) atoms. The number of rotatable bonds is 5. The van der Waals surface area contributed by atoms with Gasteiger partial charge < -0.3 is 10.6 Å². The molecule has 1 aromatic carbocycles. The van der Waals surface area contributed by atoms with Crippen LogP contribution in [-0.4, -0.2) is 12.6 Å². The first-order valence-electron chi connectivity index (χ1n) is 6.16. The van der Waals surface area contributed by atoms with E-state index in [1.807, 2.05) is 31.2 Å². The molecule has 0 aliphatic rings. The van der Waals surface area contributed by atoms with Gasteiger partial charge in [0.05, 0.1) is 0 Å². The minimum absolute atomic E-state index is 0.0890. The van der Waals surface area contributed by atoms with Gasteiger partial charge in [-0.25, -0.2) is 4.79 Å². The van der Waals surface area contributed by atoms with Crippen molar-refractivity contribution < 1.29 is 4.79 Å². The molecule has 0 atom stereocenters. The SMILES string of the molecule is Cc1ccccc1CNC(=O)NCCC(C)C. The van der Waals surface area contributed by atoms with Crippen molar-refractivity contribution in [3.8, 4) is 0 Å². The molecule has 1 aromatic rings. The number of aryl methyl sites for hydroxylation is 1. The number of carbonyl (C=O) groups excluding carboxylic acids is 1. The minimum atomic E-state index is -0.0890. The summed E-state index contributed by atoms with van der Waals surface area (Å²) >= 11 is 0. The van der Waals surface area contributed by atoms with Gasteiger partial charge in [0, 0.05) is 13.1 Å². The first-order valence-corrected chi connectivity index (χ1v) is 6.16. The molecule has 0 aromatic heterocycles. The zero-order valence-electron chi connectivity index (χ0n) is 10.9. The van der Waals surface area contributed by atoms with Crippen LogP contribution in [0.15, 0.2) is 24.3 Å². The molecule has 3 nitrogen and oxygen atoms in total. The lowest BCUT2D eigenvalue weighted by atomic mass is 10.1. The monoisotopic (exact) mass is 234 g/mol. The average molecular weight is 234 g/mol. The van der Waals surface area contributed by atoms with E-state index in [9.17, 15) is 4.79 Å². The van der Waals surface area contributed by atoms with Crippen LogP contribution in [0, 0.1) is 12.8 Å². The average Bonchev–Trinajstić information content (AvgIpc) is 2.27. The Morgan fingerprint density at radius 3 is 2.59 bits per heavy atom. The maximum absolute atomic E-state index is 11.5. The number of benzene rings is 1. The van der Waals surface area contributed by atoms with Crippen LogP contribution in [0.4, 0.5) is 4.79 Å². The summed E-state index contributed by atoms with van der Waals surface area (Å²) in [5.41, 5.74) is 2.36. The van der Waals surface area contributed by atoms with Crippen molar-refractivity contribution in [2.75, 3.05) is 6.54 Å². The van der Waals surface area contributed by atoms with Gasteiger partial charge in [-0.1, -0.05) is 38.1 Å². The van der Waals surface area contributed by atoms with Crippen LogP contribution in [0.25, 0.3) is 0 Å². The molecule has 0 aliphatic carbocycles. The van der Waals surface area contributed by atoms with Crippen molar-refractivity contribution in [1.29, 1.82) is 0 Å². The Kier molecular flexibility index (Phi) is 5.53. The quantitative estimate of drug-likeness (QED) is 0.808. The first kappa shape index (κ1) is 13.6. The summed E-state index contributed by atoms with van der Waals surface area (Å²) in [6.07, 6.45) is 1.01. The van der Waals surface area contributed by atoms with E-state index in [0.29, 0.717) is 12.5 Å². The number of nitrogens with one attached hydrogen (secondary N) is 2. The molecule has 0 saturated heterocycles. The Morgan fingerprint density at radius 2 is 1.94 bits per heavy atom. The van der Waals surface area contributed by atoms with E-state index in [1.54, 1.807) is 0 Å². The largest absolute Gasteiger partial charge is 0.338 e. The topological polar surface area (TPSA) is 41.1 Å². The van der Waals surface area contributed by atoms with Crippen molar-refractivity contribution in [1.82, 2.24) is 10.6 Å². The summed E-state index contributed by atoms with van der Waals surface area (Å²) in [5, 5.41) is 5.72. The zero-order valence-corrected chi connectivity index (χ0v) is 10.9. The smallest absolute Gasteiger partial charge is 0.315 e. The number of carbonyl (C=O) groups is 1. The molecule has 3 heteroatoms. The fraction of sp³-hybridized carbons (Fsp3) is 0.500. The Morgan fingerprint density at radius 1 is 1.24 bits per heavy atom. The van der Waals surface area contributed by atoms with Gasteiger partial charge in [0.2, 0.25) is 0 Å². The van der Waals surface area contributed by atoms with E-state index >= 15 is 0 Å². The van der Waals surface area contributed by atoms with Gasteiger partial charge >= 0.3 is 6.03 Å². The number of amides is 2. The zero-order chi connectivity index (χ0) is 12.7. The summed E-state index contributed by atoms with van der Waals surface area (Å²) < 4.78 is 0. The van der Waals surface area contributed by atoms with Gasteiger partial charge in [-0.15, -0.1) is 0 Å². The summed E-state index contributed by atoms with van der Waals surface area (Å²) in [4.78, 5) is 11.5. The standard InChI is InChI=1S/C14H22N2O/c1-11(2)8-9-15-14(17)16-10-13-7-5-4-6-12(13)3/h4-7,11H,8-10H2,1-3H3,(H2,15,16,17). The van der Waals surface area contributed by atoms with Gasteiger partial charge in [-0.2, -0.15) is 0 Å². The molecule has 0 heterocycles. The van der Waals surface area contributed by atoms with Crippen LogP contribution in [0.5, 0.6) is 0 Å². The lowest BCUT2D eigenvalue weighted by Crippen LogP contribution is -2.36. The second kappa shape index (κ2) is 6.94. The van der Waals surface area contributed by atoms with Crippen molar-refractivity contribution >= 4 is 6.03 Å². The highest BCUT2D eigenvalue weighted by atomic mass is 16.2. The third kappa shape index (κ3) is 5.38. The van der Waals surface area contributed by atoms with E-state index in [0.717, 1.165) is 18.5 Å². The third-order valence-corrected chi connectivity index (χ3v) is 2.71. The molecule has 2 N–H and O–H groups in total. The number of hydrogen-bond donors (Lipinski definition) is 2. The van der Waals surface area contributed by atoms with Gasteiger partial charge in [-0.3, -0.25) is 0 Å². The Balaban J connectivity index is 2.26. The van der Waals surface area contributed by atoms with E-state index in [2.05, 4.69) is 24.5 Å². The van der Waals surface area contributed by atoms with E-state index in [4.69, 9.17) is 0 Å². The van der Waals surface area contributed by atoms with Crippen LogP contribution >= 0.6 is 0 Å². The molecule has 2 amide bonds. The second-order valence-electron chi connectivity index (χ2n) is 4.72. The van der Waals surface area contributed by atoms with Crippen LogP contribution in [0.3, 0.4) is 0 Å². The molecular formula is C14H22N2O. The maximum atomic E-state index is 11.5. The molecule has 0 fully saturated rings. The number of urea groups is 1. The first-order chi connectivity index (χ1) is 8.09. The highest BCUT2D eigenvalue weighted by Gasteiger charge is 2.02. The fourth-order valence-corrected chi connectivity index (χ4v) is 1.52. The van der Waals surface area contributed by atoms with Crippen molar-refractivity contribution in [2.45, 2.75) is 33.7 Å². The van der Waals surface area contributed by atoms with Gasteiger partial charge in [0.1, 0.15) is 0 Å². The van der Waals surface area contributed by atoms with E-state index in [1.165, 1.54) is 5.56 Å². The Bertz CT molecular complexity index is 361. The third-order valence-electron chi connectivity index (χ3n) is 2.71. The lowest BCUT2D eigenvalue weighted by molar-refractivity contribution is 0.240. The predicted octanol–water partition coefficient (Wildman–Crippen LogP) is 2.84. The molecule has 0 saturated carbocycles. The molecule has 0 unspecified atom stereocenters. The van der Waals surface area contributed by atoms with E-state index in [-0.39, 0.29) is 6.03 Å². The molecule has 0 spiro atoms. The Hall–Kier alpha value is -1.51. The van der Waals surface area contributed by atoms with Crippen molar-refractivity contribution in [3.05, 3.63) is 35.4 Å². The molecule has 94 valence electrons. The highest BCUT2D eigenvalue weighted by Crippen LogP contribution is 2.05. The fourth-order valence-electron chi connectivity index (χ4n) is 1.52. The second-order valence-corrected chi connectivity index (χ2v) is 4.72. The Labute approximate surface area is 104 Å². The van der Waals surface area contributed by atoms with Crippen molar-refractivity contribution in [3.63, 3.8) is 0 Å².